The summed E-state index contributed by atoms with van der Waals surface area (Å²) in [6.45, 7) is 3.15. The number of hydrogen-bond donors (Lipinski definition) is 1. The van der Waals surface area contributed by atoms with Crippen LogP contribution in [0.1, 0.15) is 45.5 Å². The molecular formula is C30H25F5N2OS. The van der Waals surface area contributed by atoms with Crippen LogP contribution >= 0.6 is 11.8 Å². The van der Waals surface area contributed by atoms with Crippen molar-refractivity contribution in [1.29, 1.82) is 0 Å². The summed E-state index contributed by atoms with van der Waals surface area (Å²) in [5.74, 6) is -1.22. The van der Waals surface area contributed by atoms with Gasteiger partial charge >= 0.3 is 6.18 Å². The summed E-state index contributed by atoms with van der Waals surface area (Å²) in [5.41, 5.74) is 6.35. The predicted octanol–water partition coefficient (Wildman–Crippen LogP) is 7.37. The SMILES string of the molecule is Cc1cccc(-c2c(C)c(Cc3c(F)cccc3C(F)(F)F)c3n(c2=O)C(C(N)c2ccccc2)CS3)c1F. The maximum absolute atomic E-state index is 15.4. The molecule has 0 spiro atoms. The van der Waals surface area contributed by atoms with Crippen LogP contribution in [0.5, 0.6) is 0 Å². The molecular weight excluding hydrogens is 531 g/mol. The lowest BCUT2D eigenvalue weighted by Crippen LogP contribution is -2.33. The summed E-state index contributed by atoms with van der Waals surface area (Å²) >= 11 is 1.29. The first kappa shape index (κ1) is 27.1. The smallest absolute Gasteiger partial charge is 0.322 e. The largest absolute Gasteiger partial charge is 0.416 e. The molecule has 0 radical (unpaired) electrons. The minimum absolute atomic E-state index is 0.0348. The summed E-state index contributed by atoms with van der Waals surface area (Å²) in [5, 5.41) is 0.419. The van der Waals surface area contributed by atoms with Gasteiger partial charge in [0.25, 0.3) is 5.56 Å². The first-order valence-electron chi connectivity index (χ1n) is 12.3. The quantitative estimate of drug-likeness (QED) is 0.261. The Hall–Kier alpha value is -3.43. The van der Waals surface area contributed by atoms with Crippen LogP contribution in [0.2, 0.25) is 0 Å². The molecule has 0 saturated heterocycles. The number of aryl methyl sites for hydroxylation is 1. The van der Waals surface area contributed by atoms with Gasteiger partial charge in [-0.3, -0.25) is 9.36 Å². The lowest BCUT2D eigenvalue weighted by Gasteiger charge is -2.25. The van der Waals surface area contributed by atoms with E-state index in [0.717, 1.165) is 23.8 Å². The fourth-order valence-electron chi connectivity index (χ4n) is 5.23. The van der Waals surface area contributed by atoms with Crippen LogP contribution in [0.3, 0.4) is 0 Å². The maximum atomic E-state index is 15.4. The van der Waals surface area contributed by atoms with Gasteiger partial charge in [-0.15, -0.1) is 11.8 Å². The van der Waals surface area contributed by atoms with Crippen LogP contribution in [-0.4, -0.2) is 10.3 Å². The normalized spacial score (nSPS) is 15.8. The number of thioether (sulfide) groups is 1. The Morgan fingerprint density at radius 1 is 0.974 bits per heavy atom. The van der Waals surface area contributed by atoms with E-state index < -0.39 is 53.0 Å². The zero-order valence-corrected chi connectivity index (χ0v) is 22.0. The van der Waals surface area contributed by atoms with Crippen molar-refractivity contribution >= 4 is 11.8 Å². The van der Waals surface area contributed by atoms with E-state index in [9.17, 15) is 22.4 Å². The van der Waals surface area contributed by atoms with Gasteiger partial charge < -0.3 is 5.73 Å². The molecule has 0 fully saturated rings. The number of nitrogens with two attached hydrogens (primary N) is 1. The van der Waals surface area contributed by atoms with Crippen LogP contribution in [0.25, 0.3) is 11.1 Å². The maximum Gasteiger partial charge on any atom is 0.416 e. The van der Waals surface area contributed by atoms with Crippen molar-refractivity contribution < 1.29 is 22.0 Å². The Labute approximate surface area is 226 Å². The molecule has 39 heavy (non-hydrogen) atoms. The average molecular weight is 557 g/mol. The van der Waals surface area contributed by atoms with Crippen molar-refractivity contribution in [3.8, 4) is 11.1 Å². The molecule has 0 aliphatic carbocycles. The number of hydrogen-bond acceptors (Lipinski definition) is 3. The van der Waals surface area contributed by atoms with Gasteiger partial charge in [0, 0.05) is 23.3 Å². The highest BCUT2D eigenvalue weighted by Crippen LogP contribution is 2.44. The molecule has 1 aromatic heterocycles. The molecule has 3 nitrogen and oxygen atoms in total. The van der Waals surface area contributed by atoms with Gasteiger partial charge in [0.15, 0.2) is 0 Å². The molecule has 2 N–H and O–H groups in total. The van der Waals surface area contributed by atoms with Gasteiger partial charge in [-0.2, -0.15) is 13.2 Å². The summed E-state index contributed by atoms with van der Waals surface area (Å²) < 4.78 is 73.4. The van der Waals surface area contributed by atoms with E-state index in [1.54, 1.807) is 26.0 Å². The summed E-state index contributed by atoms with van der Waals surface area (Å²) in [4.78, 5) is 14.1. The number of aromatic nitrogens is 1. The van der Waals surface area contributed by atoms with Crippen molar-refractivity contribution in [1.82, 2.24) is 4.57 Å². The van der Waals surface area contributed by atoms with E-state index in [1.165, 1.54) is 22.4 Å². The van der Waals surface area contributed by atoms with Crippen LogP contribution in [-0.2, 0) is 12.6 Å². The second-order valence-electron chi connectivity index (χ2n) is 9.65. The third kappa shape index (κ3) is 4.78. The third-order valence-electron chi connectivity index (χ3n) is 7.30. The molecule has 0 bridgehead atoms. The Balaban J connectivity index is 1.78. The molecule has 202 valence electrons. The fourth-order valence-corrected chi connectivity index (χ4v) is 6.68. The molecule has 1 aliphatic rings. The zero-order chi connectivity index (χ0) is 28.1. The van der Waals surface area contributed by atoms with Gasteiger partial charge in [-0.1, -0.05) is 54.6 Å². The highest BCUT2D eigenvalue weighted by atomic mass is 32.2. The van der Waals surface area contributed by atoms with Crippen LogP contribution in [0, 0.1) is 25.5 Å². The second kappa shape index (κ2) is 10.3. The van der Waals surface area contributed by atoms with Crippen molar-refractivity contribution in [3.05, 3.63) is 122 Å². The van der Waals surface area contributed by atoms with Crippen molar-refractivity contribution in [3.63, 3.8) is 0 Å². The summed E-state index contributed by atoms with van der Waals surface area (Å²) in [6.07, 6.45) is -5.21. The molecule has 2 atom stereocenters. The summed E-state index contributed by atoms with van der Waals surface area (Å²) in [7, 11) is 0. The number of alkyl halides is 3. The Kier molecular flexibility index (Phi) is 7.15. The predicted molar refractivity (Wildman–Crippen MR) is 143 cm³/mol. The van der Waals surface area contributed by atoms with E-state index in [-0.39, 0.29) is 11.1 Å². The number of rotatable bonds is 5. The molecule has 0 saturated carbocycles. The van der Waals surface area contributed by atoms with E-state index in [0.29, 0.717) is 27.5 Å². The van der Waals surface area contributed by atoms with Crippen molar-refractivity contribution in [2.75, 3.05) is 5.75 Å². The number of pyridine rings is 1. The lowest BCUT2D eigenvalue weighted by molar-refractivity contribution is -0.138. The topological polar surface area (TPSA) is 48.0 Å². The molecule has 2 unspecified atom stereocenters. The standard InChI is InChI=1S/C30H25F5N2OS/c1-16-8-6-11-19(26(16)32)25-17(2)20(14-21-22(30(33,34)35)12-7-13-23(21)31)29-37(28(25)38)24(15-39-29)27(36)18-9-4-3-5-10-18/h3-13,24,27H,14-15,36H2,1-2H3. The molecule has 9 heteroatoms. The molecule has 5 rings (SSSR count). The Morgan fingerprint density at radius 3 is 2.36 bits per heavy atom. The number of benzene rings is 3. The third-order valence-corrected chi connectivity index (χ3v) is 8.52. The number of halogens is 5. The van der Waals surface area contributed by atoms with Gasteiger partial charge in [-0.25, -0.2) is 8.78 Å². The van der Waals surface area contributed by atoms with Gasteiger partial charge in [0.05, 0.1) is 28.2 Å². The number of fused-ring (bicyclic) bond motifs is 1. The van der Waals surface area contributed by atoms with Gasteiger partial charge in [-0.05, 0) is 48.2 Å². The van der Waals surface area contributed by atoms with E-state index in [4.69, 9.17) is 5.73 Å². The average Bonchev–Trinajstić information content (AvgIpc) is 3.34. The van der Waals surface area contributed by atoms with Crippen LogP contribution in [0.4, 0.5) is 22.0 Å². The minimum atomic E-state index is -4.78. The van der Waals surface area contributed by atoms with Gasteiger partial charge in [0.1, 0.15) is 11.6 Å². The fraction of sp³-hybridized carbons (Fsp3) is 0.233. The first-order chi connectivity index (χ1) is 18.5. The Morgan fingerprint density at radius 2 is 1.67 bits per heavy atom. The highest BCUT2D eigenvalue weighted by Gasteiger charge is 2.38. The van der Waals surface area contributed by atoms with Crippen molar-refractivity contribution in [2.24, 2.45) is 5.73 Å². The molecule has 3 aromatic carbocycles. The summed E-state index contributed by atoms with van der Waals surface area (Å²) in [6, 6.07) is 15.5. The van der Waals surface area contributed by atoms with Crippen molar-refractivity contribution in [2.45, 2.75) is 43.6 Å². The monoisotopic (exact) mass is 556 g/mol. The lowest BCUT2D eigenvalue weighted by atomic mass is 9.91. The number of nitrogens with zero attached hydrogens (tertiary/aromatic N) is 1. The van der Waals surface area contributed by atoms with Crippen LogP contribution < -0.4 is 11.3 Å². The highest BCUT2D eigenvalue weighted by molar-refractivity contribution is 7.99. The first-order valence-corrected chi connectivity index (χ1v) is 13.3. The second-order valence-corrected chi connectivity index (χ2v) is 10.7. The molecule has 2 heterocycles. The van der Waals surface area contributed by atoms with Crippen LogP contribution in [0.15, 0.2) is 76.6 Å². The molecule has 0 amide bonds. The van der Waals surface area contributed by atoms with Gasteiger partial charge in [0.2, 0.25) is 0 Å². The van der Waals surface area contributed by atoms with E-state index in [2.05, 4.69) is 0 Å². The van der Waals surface area contributed by atoms with E-state index >= 15 is 4.39 Å². The van der Waals surface area contributed by atoms with E-state index in [1.807, 2.05) is 30.3 Å². The molecule has 4 aromatic rings. The minimum Gasteiger partial charge on any atom is -0.322 e. The zero-order valence-electron chi connectivity index (χ0n) is 21.2. The Bertz CT molecular complexity index is 1610. The molecule has 1 aliphatic heterocycles.